The fraction of sp³-hybridized carbons (Fsp3) is 0.545. The molecular formula is C22H32IN5O. The number of guanidine groups is 1. The Morgan fingerprint density at radius 2 is 2.03 bits per heavy atom. The van der Waals surface area contributed by atoms with Crippen molar-refractivity contribution in [3.05, 3.63) is 36.0 Å². The molecule has 1 amide bonds. The van der Waals surface area contributed by atoms with Gasteiger partial charge in [0.1, 0.15) is 0 Å². The number of benzene rings is 1. The minimum Gasteiger partial charge on any atom is -0.358 e. The lowest BCUT2D eigenvalue weighted by Gasteiger charge is -2.21. The van der Waals surface area contributed by atoms with Gasteiger partial charge in [-0.2, -0.15) is 0 Å². The zero-order chi connectivity index (χ0) is 19.3. The Kier molecular flexibility index (Phi) is 7.80. The predicted molar refractivity (Wildman–Crippen MR) is 129 cm³/mol. The second-order valence-electron chi connectivity index (χ2n) is 8.03. The molecule has 29 heavy (non-hydrogen) atoms. The first-order valence-electron chi connectivity index (χ1n) is 10.6. The van der Waals surface area contributed by atoms with Crippen LogP contribution in [-0.4, -0.2) is 54.5 Å². The van der Waals surface area contributed by atoms with E-state index in [1.54, 1.807) is 7.05 Å². The molecule has 0 radical (unpaired) electrons. The Balaban J connectivity index is 0.00000240. The van der Waals surface area contributed by atoms with Crippen molar-refractivity contribution in [2.45, 2.75) is 44.6 Å². The van der Waals surface area contributed by atoms with Crippen LogP contribution in [0.1, 0.15) is 37.8 Å². The number of fused-ring (bicyclic) bond motifs is 1. The fourth-order valence-corrected chi connectivity index (χ4v) is 4.48. The van der Waals surface area contributed by atoms with Gasteiger partial charge in [0.15, 0.2) is 5.96 Å². The molecule has 2 aromatic rings. The molecule has 1 aromatic heterocycles. The van der Waals surface area contributed by atoms with Crippen molar-refractivity contribution in [2.24, 2.45) is 10.9 Å². The van der Waals surface area contributed by atoms with Crippen molar-refractivity contribution in [2.75, 3.05) is 26.7 Å². The highest BCUT2D eigenvalue weighted by Crippen LogP contribution is 2.27. The van der Waals surface area contributed by atoms with Crippen molar-refractivity contribution in [3.8, 4) is 0 Å². The smallest absolute Gasteiger partial charge is 0.225 e. The number of hydrogen-bond donors (Lipinski definition) is 3. The number of amides is 1. The average Bonchev–Trinajstić information content (AvgIpc) is 3.46. The molecule has 2 heterocycles. The van der Waals surface area contributed by atoms with Gasteiger partial charge in [0.05, 0.1) is 0 Å². The molecule has 3 N–H and O–H groups in total. The summed E-state index contributed by atoms with van der Waals surface area (Å²) in [5.74, 6) is 1.45. The fourth-order valence-electron chi connectivity index (χ4n) is 4.48. The first-order chi connectivity index (χ1) is 13.7. The van der Waals surface area contributed by atoms with Crippen molar-refractivity contribution < 1.29 is 4.79 Å². The van der Waals surface area contributed by atoms with Gasteiger partial charge in [0, 0.05) is 56.3 Å². The van der Waals surface area contributed by atoms with Gasteiger partial charge in [-0.1, -0.05) is 31.0 Å². The van der Waals surface area contributed by atoms with Gasteiger partial charge in [0.25, 0.3) is 0 Å². The summed E-state index contributed by atoms with van der Waals surface area (Å²) in [5, 5.41) is 8.14. The molecular weight excluding hydrogens is 477 g/mol. The number of likely N-dealkylation sites (tertiary alicyclic amines) is 1. The van der Waals surface area contributed by atoms with E-state index in [1.165, 1.54) is 29.4 Å². The summed E-state index contributed by atoms with van der Waals surface area (Å²) in [4.78, 5) is 22.5. The molecule has 1 unspecified atom stereocenters. The van der Waals surface area contributed by atoms with Crippen LogP contribution in [0.5, 0.6) is 0 Å². The number of nitrogens with one attached hydrogen (secondary N) is 3. The molecule has 1 aliphatic carbocycles. The predicted octanol–water partition coefficient (Wildman–Crippen LogP) is 3.28. The molecule has 1 saturated carbocycles. The number of hydrogen-bond acceptors (Lipinski definition) is 2. The van der Waals surface area contributed by atoms with Crippen molar-refractivity contribution >= 4 is 46.7 Å². The number of rotatable bonds is 5. The van der Waals surface area contributed by atoms with E-state index >= 15 is 0 Å². The molecule has 2 aliphatic rings. The maximum absolute atomic E-state index is 12.6. The molecule has 0 spiro atoms. The lowest BCUT2D eigenvalue weighted by atomic mass is 10.1. The third-order valence-corrected chi connectivity index (χ3v) is 6.04. The summed E-state index contributed by atoms with van der Waals surface area (Å²) in [7, 11) is 1.80. The summed E-state index contributed by atoms with van der Waals surface area (Å²) < 4.78 is 0. The van der Waals surface area contributed by atoms with Gasteiger partial charge >= 0.3 is 0 Å². The Hall–Kier alpha value is -1.77. The lowest BCUT2D eigenvalue weighted by molar-refractivity contribution is -0.134. The molecule has 1 atom stereocenters. The monoisotopic (exact) mass is 509 g/mol. The second-order valence-corrected chi connectivity index (χ2v) is 8.03. The largest absolute Gasteiger partial charge is 0.358 e. The number of nitrogens with zero attached hydrogens (tertiary/aromatic N) is 2. The summed E-state index contributed by atoms with van der Waals surface area (Å²) in [6.45, 7) is 2.46. The van der Waals surface area contributed by atoms with E-state index < -0.39 is 0 Å². The highest BCUT2D eigenvalue weighted by atomic mass is 127. The van der Waals surface area contributed by atoms with E-state index in [4.69, 9.17) is 0 Å². The van der Waals surface area contributed by atoms with E-state index in [0.717, 1.165) is 51.3 Å². The zero-order valence-corrected chi connectivity index (χ0v) is 19.4. The number of aliphatic imine (C=N–C) groups is 1. The Morgan fingerprint density at radius 1 is 1.24 bits per heavy atom. The topological polar surface area (TPSA) is 72.5 Å². The minimum absolute atomic E-state index is 0. The second kappa shape index (κ2) is 10.3. The van der Waals surface area contributed by atoms with Crippen molar-refractivity contribution in [1.29, 1.82) is 0 Å². The number of H-pyrrole nitrogens is 1. The van der Waals surface area contributed by atoms with Crippen LogP contribution in [0.4, 0.5) is 0 Å². The van der Waals surface area contributed by atoms with Crippen LogP contribution in [0.3, 0.4) is 0 Å². The number of halogens is 1. The summed E-state index contributed by atoms with van der Waals surface area (Å²) in [6, 6.07) is 10.8. The van der Waals surface area contributed by atoms with Crippen LogP contribution >= 0.6 is 24.0 Å². The summed E-state index contributed by atoms with van der Waals surface area (Å²) in [6.07, 6.45) is 6.46. The number of carbonyl (C=O) groups excluding carboxylic acids is 1. The molecule has 6 nitrogen and oxygen atoms in total. The summed E-state index contributed by atoms with van der Waals surface area (Å²) in [5.41, 5.74) is 2.40. The third kappa shape index (κ3) is 5.43. The van der Waals surface area contributed by atoms with Gasteiger partial charge in [-0.3, -0.25) is 9.79 Å². The Labute approximate surface area is 189 Å². The lowest BCUT2D eigenvalue weighted by Crippen LogP contribution is -2.45. The summed E-state index contributed by atoms with van der Waals surface area (Å²) >= 11 is 0. The van der Waals surface area contributed by atoms with Crippen LogP contribution in [-0.2, 0) is 11.2 Å². The number of para-hydroxylation sites is 1. The molecule has 158 valence electrons. The first kappa shape index (κ1) is 21.9. The van der Waals surface area contributed by atoms with Crippen LogP contribution < -0.4 is 10.6 Å². The highest BCUT2D eigenvalue weighted by molar-refractivity contribution is 14.0. The van der Waals surface area contributed by atoms with Crippen molar-refractivity contribution in [1.82, 2.24) is 20.5 Å². The van der Waals surface area contributed by atoms with Crippen molar-refractivity contribution in [3.63, 3.8) is 0 Å². The van der Waals surface area contributed by atoms with E-state index in [1.807, 2.05) is 4.90 Å². The Morgan fingerprint density at radius 3 is 2.79 bits per heavy atom. The zero-order valence-electron chi connectivity index (χ0n) is 17.1. The van der Waals surface area contributed by atoms with Crippen LogP contribution in [0.2, 0.25) is 0 Å². The standard InChI is InChI=1S/C22H31N5O.HI/c1-23-22(24-12-10-18-14-17-8-4-5-9-20(17)25-18)26-19-11-13-27(15-19)21(28)16-6-2-3-7-16;/h4-5,8-9,14,16,19,25H,2-3,6-7,10-13,15H2,1H3,(H2,23,24,26);1H. The van der Waals surface area contributed by atoms with Crippen LogP contribution in [0.15, 0.2) is 35.3 Å². The van der Waals surface area contributed by atoms with E-state index in [-0.39, 0.29) is 35.9 Å². The molecule has 4 rings (SSSR count). The maximum Gasteiger partial charge on any atom is 0.225 e. The van der Waals surface area contributed by atoms with E-state index in [0.29, 0.717) is 5.91 Å². The van der Waals surface area contributed by atoms with Crippen LogP contribution in [0, 0.1) is 5.92 Å². The minimum atomic E-state index is 0. The third-order valence-electron chi connectivity index (χ3n) is 6.04. The Bertz CT molecular complexity index is 810. The van der Waals surface area contributed by atoms with Gasteiger partial charge in [-0.15, -0.1) is 24.0 Å². The molecule has 1 aliphatic heterocycles. The van der Waals surface area contributed by atoms with Gasteiger partial charge in [0.2, 0.25) is 5.91 Å². The first-order valence-corrected chi connectivity index (χ1v) is 10.6. The quantitative estimate of drug-likeness (QED) is 0.329. The number of carbonyl (C=O) groups is 1. The SMILES string of the molecule is CN=C(NCCc1cc2ccccc2[nH]1)NC1CCN(C(=O)C2CCCC2)C1.I. The van der Waals surface area contributed by atoms with E-state index in [2.05, 4.69) is 50.9 Å². The van der Waals surface area contributed by atoms with Gasteiger partial charge in [-0.05, 0) is 36.8 Å². The van der Waals surface area contributed by atoms with E-state index in [9.17, 15) is 4.79 Å². The van der Waals surface area contributed by atoms with Gasteiger partial charge in [-0.25, -0.2) is 0 Å². The average molecular weight is 509 g/mol. The number of aromatic amines is 1. The molecule has 0 bridgehead atoms. The highest BCUT2D eigenvalue weighted by Gasteiger charge is 2.32. The normalized spacial score (nSPS) is 20.1. The van der Waals surface area contributed by atoms with Crippen LogP contribution in [0.25, 0.3) is 10.9 Å². The molecule has 1 saturated heterocycles. The molecule has 1 aromatic carbocycles. The molecule has 7 heteroatoms. The molecule has 2 fully saturated rings. The maximum atomic E-state index is 12.6. The van der Waals surface area contributed by atoms with Gasteiger partial charge < -0.3 is 20.5 Å². The number of aromatic nitrogens is 1.